The van der Waals surface area contributed by atoms with E-state index in [0.717, 1.165) is 47.9 Å². The van der Waals surface area contributed by atoms with Gasteiger partial charge < -0.3 is 10.2 Å². The number of carbonyl (C=O) groups is 2. The summed E-state index contributed by atoms with van der Waals surface area (Å²) in [5.41, 5.74) is 3.95. The van der Waals surface area contributed by atoms with Gasteiger partial charge in [0.25, 0.3) is 0 Å². The molecule has 2 amide bonds. The third-order valence-corrected chi connectivity index (χ3v) is 7.36. The molecule has 0 radical (unpaired) electrons. The van der Waals surface area contributed by atoms with E-state index in [1.54, 1.807) is 11.0 Å². The van der Waals surface area contributed by atoms with Crippen molar-refractivity contribution in [2.24, 2.45) is 0 Å². The minimum Gasteiger partial charge on any atom is -0.352 e. The summed E-state index contributed by atoms with van der Waals surface area (Å²) in [6.45, 7) is 2.40. The molecule has 1 saturated carbocycles. The van der Waals surface area contributed by atoms with Gasteiger partial charge in [-0.25, -0.2) is 0 Å². The lowest BCUT2D eigenvalue weighted by molar-refractivity contribution is -0.141. The van der Waals surface area contributed by atoms with Crippen LogP contribution in [0.5, 0.6) is 0 Å². The molecule has 0 spiro atoms. The van der Waals surface area contributed by atoms with E-state index in [2.05, 4.69) is 5.32 Å². The largest absolute Gasteiger partial charge is 0.352 e. The summed E-state index contributed by atoms with van der Waals surface area (Å²) >= 11 is 6.40. The van der Waals surface area contributed by atoms with Crippen molar-refractivity contribution in [1.82, 2.24) is 10.2 Å². The van der Waals surface area contributed by atoms with E-state index >= 15 is 0 Å². The van der Waals surface area contributed by atoms with Crippen molar-refractivity contribution in [2.45, 2.75) is 70.5 Å². The number of hydrogen-bond donors (Lipinski definition) is 1. The van der Waals surface area contributed by atoms with Gasteiger partial charge in [-0.05, 0) is 42.5 Å². The maximum absolute atomic E-state index is 13.9. The summed E-state index contributed by atoms with van der Waals surface area (Å²) in [5, 5.41) is 3.85. The van der Waals surface area contributed by atoms with Crippen LogP contribution in [0.15, 0.2) is 78.9 Å². The van der Waals surface area contributed by atoms with Gasteiger partial charge in [-0.2, -0.15) is 0 Å². The van der Waals surface area contributed by atoms with Crippen LogP contribution in [-0.2, 0) is 29.0 Å². The molecule has 0 bridgehead atoms. The molecular formula is C31H35ClN2O2. The quantitative estimate of drug-likeness (QED) is 0.374. The van der Waals surface area contributed by atoms with Crippen molar-refractivity contribution in [3.63, 3.8) is 0 Å². The minimum atomic E-state index is -0.620. The molecule has 1 atom stereocenters. The second-order valence-electron chi connectivity index (χ2n) is 9.82. The summed E-state index contributed by atoms with van der Waals surface area (Å²) in [5.74, 6) is -0.186. The van der Waals surface area contributed by atoms with Gasteiger partial charge in [0, 0.05) is 24.0 Å². The first kappa shape index (κ1) is 26.0. The van der Waals surface area contributed by atoms with Gasteiger partial charge in [-0.1, -0.05) is 109 Å². The molecule has 4 nitrogen and oxygen atoms in total. The van der Waals surface area contributed by atoms with Gasteiger partial charge in [0.2, 0.25) is 11.8 Å². The van der Waals surface area contributed by atoms with Crippen LogP contribution in [0.2, 0.25) is 5.02 Å². The fourth-order valence-electron chi connectivity index (χ4n) is 4.89. The Morgan fingerprint density at radius 3 is 2.25 bits per heavy atom. The molecule has 0 unspecified atom stereocenters. The zero-order chi connectivity index (χ0) is 25.3. The van der Waals surface area contributed by atoms with Crippen LogP contribution in [0.25, 0.3) is 0 Å². The molecule has 1 aliphatic carbocycles. The average Bonchev–Trinajstić information content (AvgIpc) is 2.89. The fraction of sp³-hybridized carbons (Fsp3) is 0.355. The number of halogens is 1. The highest BCUT2D eigenvalue weighted by Gasteiger charge is 2.32. The molecule has 3 aromatic carbocycles. The van der Waals surface area contributed by atoms with E-state index in [-0.39, 0.29) is 24.3 Å². The topological polar surface area (TPSA) is 49.4 Å². The van der Waals surface area contributed by atoms with Crippen molar-refractivity contribution in [3.05, 3.63) is 106 Å². The Morgan fingerprint density at radius 2 is 1.56 bits per heavy atom. The number of rotatable bonds is 9. The highest BCUT2D eigenvalue weighted by molar-refractivity contribution is 6.31. The van der Waals surface area contributed by atoms with Crippen LogP contribution in [-0.4, -0.2) is 28.8 Å². The monoisotopic (exact) mass is 502 g/mol. The normalized spacial score (nSPS) is 14.7. The van der Waals surface area contributed by atoms with Gasteiger partial charge in [-0.15, -0.1) is 0 Å². The van der Waals surface area contributed by atoms with Crippen LogP contribution in [0.3, 0.4) is 0 Å². The van der Waals surface area contributed by atoms with Gasteiger partial charge in [-0.3, -0.25) is 9.59 Å². The van der Waals surface area contributed by atoms with Gasteiger partial charge >= 0.3 is 0 Å². The fourth-order valence-corrected chi connectivity index (χ4v) is 5.10. The Bertz CT molecular complexity index is 1140. The van der Waals surface area contributed by atoms with E-state index < -0.39 is 6.04 Å². The molecule has 1 fully saturated rings. The Kier molecular flexibility index (Phi) is 9.18. The molecule has 3 aromatic rings. The van der Waals surface area contributed by atoms with E-state index in [4.69, 9.17) is 11.6 Å². The molecule has 0 aromatic heterocycles. The number of hydrogen-bond acceptors (Lipinski definition) is 2. The Morgan fingerprint density at radius 1 is 0.889 bits per heavy atom. The molecule has 4 rings (SSSR count). The van der Waals surface area contributed by atoms with E-state index in [9.17, 15) is 9.59 Å². The van der Waals surface area contributed by atoms with Crippen LogP contribution < -0.4 is 5.32 Å². The van der Waals surface area contributed by atoms with Gasteiger partial charge in [0.1, 0.15) is 6.04 Å². The number of carbonyl (C=O) groups excluding carboxylic acids is 2. The summed E-state index contributed by atoms with van der Waals surface area (Å²) in [4.78, 5) is 29.4. The lowest BCUT2D eigenvalue weighted by atomic mass is 9.94. The van der Waals surface area contributed by atoms with Crippen LogP contribution in [0.1, 0.15) is 54.4 Å². The van der Waals surface area contributed by atoms with Crippen molar-refractivity contribution >= 4 is 23.4 Å². The maximum Gasteiger partial charge on any atom is 0.243 e. The summed E-state index contributed by atoms with van der Waals surface area (Å²) in [6, 6.07) is 25.1. The summed E-state index contributed by atoms with van der Waals surface area (Å²) < 4.78 is 0. The van der Waals surface area contributed by atoms with Gasteiger partial charge in [0.15, 0.2) is 0 Å². The maximum atomic E-state index is 13.9. The smallest absolute Gasteiger partial charge is 0.243 e. The third kappa shape index (κ3) is 7.20. The zero-order valence-corrected chi connectivity index (χ0v) is 21.7. The predicted molar refractivity (Wildman–Crippen MR) is 146 cm³/mol. The molecule has 0 aliphatic heterocycles. The lowest BCUT2D eigenvalue weighted by Crippen LogP contribution is -2.53. The predicted octanol–water partition coefficient (Wildman–Crippen LogP) is 6.28. The minimum absolute atomic E-state index is 0.0784. The third-order valence-electron chi connectivity index (χ3n) is 7.00. The van der Waals surface area contributed by atoms with Gasteiger partial charge in [0.05, 0.1) is 6.42 Å². The Hall–Kier alpha value is -3.11. The first-order valence-electron chi connectivity index (χ1n) is 12.9. The molecule has 5 heteroatoms. The molecular weight excluding hydrogens is 468 g/mol. The van der Waals surface area contributed by atoms with Crippen molar-refractivity contribution in [3.8, 4) is 0 Å². The van der Waals surface area contributed by atoms with Crippen molar-refractivity contribution < 1.29 is 9.59 Å². The molecule has 188 valence electrons. The number of nitrogens with one attached hydrogen (secondary N) is 1. The zero-order valence-electron chi connectivity index (χ0n) is 21.0. The molecule has 0 saturated heterocycles. The summed E-state index contributed by atoms with van der Waals surface area (Å²) in [6.07, 6.45) is 6.08. The second-order valence-corrected chi connectivity index (χ2v) is 10.2. The number of aryl methyl sites for hydroxylation is 1. The lowest BCUT2D eigenvalue weighted by Gasteiger charge is -2.33. The SMILES string of the molecule is Cc1ccc(CN(C(=O)Cc2ccccc2Cl)[C@@H](Cc2ccccc2)C(=O)NC2CCCCC2)cc1. The van der Waals surface area contributed by atoms with E-state index in [0.29, 0.717) is 18.0 Å². The molecule has 36 heavy (non-hydrogen) atoms. The molecule has 1 aliphatic rings. The first-order valence-corrected chi connectivity index (χ1v) is 13.3. The first-order chi connectivity index (χ1) is 17.5. The van der Waals surface area contributed by atoms with Crippen LogP contribution in [0.4, 0.5) is 0 Å². The highest BCUT2D eigenvalue weighted by atomic mass is 35.5. The second kappa shape index (κ2) is 12.7. The average molecular weight is 503 g/mol. The Balaban J connectivity index is 1.65. The highest BCUT2D eigenvalue weighted by Crippen LogP contribution is 2.22. The Labute approximate surface area is 219 Å². The van der Waals surface area contributed by atoms with Crippen LogP contribution in [0, 0.1) is 6.92 Å². The summed E-state index contributed by atoms with van der Waals surface area (Å²) in [7, 11) is 0. The van der Waals surface area contributed by atoms with E-state index in [1.807, 2.05) is 79.7 Å². The molecule has 0 heterocycles. The number of amides is 2. The standard InChI is InChI=1S/C31H35ClN2O2/c1-23-16-18-25(19-17-23)22-34(30(35)21-26-12-8-9-15-28(26)32)29(20-24-10-4-2-5-11-24)31(36)33-27-13-6-3-7-14-27/h2,4-5,8-12,15-19,27,29H,3,6-7,13-14,20-22H2,1H3,(H,33,36)/t29-/m0/s1. The van der Waals surface area contributed by atoms with Crippen molar-refractivity contribution in [1.29, 1.82) is 0 Å². The van der Waals surface area contributed by atoms with Crippen molar-refractivity contribution in [2.75, 3.05) is 0 Å². The molecule has 1 N–H and O–H groups in total. The van der Waals surface area contributed by atoms with E-state index in [1.165, 1.54) is 6.42 Å². The van der Waals surface area contributed by atoms with Crippen LogP contribution >= 0.6 is 11.6 Å². The number of nitrogens with zero attached hydrogens (tertiary/aromatic N) is 1. The number of benzene rings is 3.